The monoisotopic (exact) mass is 138 g/mol. The summed E-state index contributed by atoms with van der Waals surface area (Å²) in [5.41, 5.74) is 0.466. The third-order valence-electron chi connectivity index (χ3n) is 0.934. The molecule has 2 aromatic heterocycles. The van der Waals surface area contributed by atoms with Crippen LogP contribution in [0.5, 0.6) is 0 Å². The highest BCUT2D eigenvalue weighted by Crippen LogP contribution is 2.05. The van der Waals surface area contributed by atoms with E-state index in [-0.39, 0.29) is 0 Å². The van der Waals surface area contributed by atoms with Crippen LogP contribution in [0.15, 0.2) is 10.8 Å². The zero-order valence-electron chi connectivity index (χ0n) is 4.72. The van der Waals surface area contributed by atoms with E-state index in [9.17, 15) is 0 Å². The van der Waals surface area contributed by atoms with E-state index in [1.807, 2.05) is 0 Å². The first-order valence-corrected chi connectivity index (χ1v) is 2.47. The fourth-order valence-electron chi connectivity index (χ4n) is 0.532. The number of nitrogens with zero attached hydrogens (tertiary/aromatic N) is 5. The molecule has 1 N–H and O–H groups in total. The Balaban J connectivity index is 2.48. The van der Waals surface area contributed by atoms with Crippen molar-refractivity contribution in [2.24, 2.45) is 0 Å². The largest absolute Gasteiger partial charge is 0.345 e. The number of hydrogen-bond donors (Lipinski definition) is 1. The molecule has 0 aliphatic heterocycles. The zero-order valence-corrected chi connectivity index (χ0v) is 4.72. The van der Waals surface area contributed by atoms with Crippen LogP contribution in [-0.2, 0) is 0 Å². The standard InChI is InChI=1S/C3H2N6O/c1-2(4-9-10-1)3-5-7-8-6-3/h1H,(H,5,6,7,8). The molecule has 0 saturated carbocycles. The molecule has 0 aliphatic carbocycles. The number of rotatable bonds is 1. The maximum absolute atomic E-state index is 4.46. The van der Waals surface area contributed by atoms with Gasteiger partial charge < -0.3 is 4.52 Å². The minimum Gasteiger partial charge on any atom is -0.345 e. The first-order chi connectivity index (χ1) is 4.97. The Hall–Kier alpha value is -1.79. The summed E-state index contributed by atoms with van der Waals surface area (Å²) < 4.78 is 4.46. The van der Waals surface area contributed by atoms with E-state index in [4.69, 9.17) is 0 Å². The number of nitrogens with one attached hydrogen (secondary N) is 1. The summed E-state index contributed by atoms with van der Waals surface area (Å²) in [5, 5.41) is 19.7. The predicted molar refractivity (Wildman–Crippen MR) is 27.5 cm³/mol. The van der Waals surface area contributed by atoms with Gasteiger partial charge in [-0.15, -0.1) is 15.3 Å². The van der Waals surface area contributed by atoms with Gasteiger partial charge in [0.15, 0.2) is 12.0 Å². The molecule has 0 atom stereocenters. The van der Waals surface area contributed by atoms with Gasteiger partial charge in [-0.2, -0.15) is 5.21 Å². The van der Waals surface area contributed by atoms with Crippen LogP contribution < -0.4 is 0 Å². The van der Waals surface area contributed by atoms with E-state index in [0.717, 1.165) is 0 Å². The van der Waals surface area contributed by atoms with Crippen molar-refractivity contribution in [3.05, 3.63) is 6.26 Å². The molecule has 10 heavy (non-hydrogen) atoms. The van der Waals surface area contributed by atoms with E-state index >= 15 is 0 Å². The molecule has 0 aliphatic rings. The van der Waals surface area contributed by atoms with Crippen molar-refractivity contribution in [2.45, 2.75) is 0 Å². The molecule has 7 nitrogen and oxygen atoms in total. The highest BCUT2D eigenvalue weighted by atomic mass is 16.5. The van der Waals surface area contributed by atoms with Gasteiger partial charge >= 0.3 is 0 Å². The molecule has 2 rings (SSSR count). The SMILES string of the molecule is c1onnc1-c1nn[nH]n1. The van der Waals surface area contributed by atoms with Gasteiger partial charge in [0, 0.05) is 5.27 Å². The minimum absolute atomic E-state index is 0.376. The molecule has 0 saturated heterocycles. The minimum atomic E-state index is 0.376. The van der Waals surface area contributed by atoms with E-state index in [1.165, 1.54) is 6.26 Å². The highest BCUT2D eigenvalue weighted by molar-refractivity contribution is 5.43. The summed E-state index contributed by atoms with van der Waals surface area (Å²) in [6.45, 7) is 0. The van der Waals surface area contributed by atoms with Crippen LogP contribution in [0, 0.1) is 0 Å². The molecule has 50 valence electrons. The first kappa shape index (κ1) is 5.03. The molecule has 2 aromatic rings. The first-order valence-electron chi connectivity index (χ1n) is 2.47. The Morgan fingerprint density at radius 2 is 2.40 bits per heavy atom. The molecule has 0 fully saturated rings. The van der Waals surface area contributed by atoms with Gasteiger partial charge in [-0.1, -0.05) is 0 Å². The molecular formula is C3H2N6O. The lowest BCUT2D eigenvalue weighted by Crippen LogP contribution is -1.79. The van der Waals surface area contributed by atoms with Crippen LogP contribution in [0.1, 0.15) is 0 Å². The van der Waals surface area contributed by atoms with Gasteiger partial charge in [0.2, 0.25) is 5.82 Å². The summed E-state index contributed by atoms with van der Waals surface area (Å²) in [6.07, 6.45) is 1.34. The number of tetrazole rings is 1. The molecule has 0 amide bonds. The smallest absolute Gasteiger partial charge is 0.228 e. The lowest BCUT2D eigenvalue weighted by Gasteiger charge is -1.74. The summed E-state index contributed by atoms with van der Waals surface area (Å²) in [7, 11) is 0. The lowest BCUT2D eigenvalue weighted by molar-refractivity contribution is 0.393. The zero-order chi connectivity index (χ0) is 6.81. The van der Waals surface area contributed by atoms with Crippen LogP contribution in [0.3, 0.4) is 0 Å². The van der Waals surface area contributed by atoms with E-state index < -0.39 is 0 Å². The molecule has 0 radical (unpaired) electrons. The Morgan fingerprint density at radius 1 is 1.40 bits per heavy atom. The molecule has 7 heteroatoms. The summed E-state index contributed by atoms with van der Waals surface area (Å²) in [6, 6.07) is 0. The van der Waals surface area contributed by atoms with Crippen LogP contribution >= 0.6 is 0 Å². The fourth-order valence-corrected chi connectivity index (χ4v) is 0.532. The van der Waals surface area contributed by atoms with Crippen molar-refractivity contribution in [1.82, 2.24) is 31.0 Å². The third kappa shape index (κ3) is 0.642. The van der Waals surface area contributed by atoms with Gasteiger partial charge in [-0.3, -0.25) is 0 Å². The van der Waals surface area contributed by atoms with Gasteiger partial charge in [0.1, 0.15) is 0 Å². The van der Waals surface area contributed by atoms with Gasteiger partial charge in [-0.05, 0) is 5.21 Å². The van der Waals surface area contributed by atoms with E-state index in [0.29, 0.717) is 11.5 Å². The fraction of sp³-hybridized carbons (Fsp3) is 0. The normalized spacial score (nSPS) is 10.0. The predicted octanol–water partition coefficient (Wildman–Crippen LogP) is -0.750. The van der Waals surface area contributed by atoms with E-state index in [2.05, 4.69) is 35.5 Å². The second kappa shape index (κ2) is 1.87. The van der Waals surface area contributed by atoms with E-state index in [1.54, 1.807) is 0 Å². The van der Waals surface area contributed by atoms with Crippen molar-refractivity contribution < 1.29 is 4.52 Å². The van der Waals surface area contributed by atoms with Crippen LogP contribution in [-0.4, -0.2) is 31.0 Å². The molecular weight excluding hydrogens is 136 g/mol. The van der Waals surface area contributed by atoms with Crippen molar-refractivity contribution in [2.75, 3.05) is 0 Å². The highest BCUT2D eigenvalue weighted by Gasteiger charge is 2.05. The Bertz CT molecular complexity index is 252. The maximum atomic E-state index is 4.46. The number of aromatic nitrogens is 6. The lowest BCUT2D eigenvalue weighted by atomic mass is 10.5. The molecule has 0 bridgehead atoms. The Morgan fingerprint density at radius 3 is 3.00 bits per heavy atom. The molecule has 0 unspecified atom stereocenters. The average molecular weight is 138 g/mol. The second-order valence-electron chi connectivity index (χ2n) is 1.53. The van der Waals surface area contributed by atoms with Crippen molar-refractivity contribution in [3.63, 3.8) is 0 Å². The van der Waals surface area contributed by atoms with Crippen molar-refractivity contribution in [3.8, 4) is 11.5 Å². The maximum Gasteiger partial charge on any atom is 0.228 e. The van der Waals surface area contributed by atoms with Crippen LogP contribution in [0.25, 0.3) is 11.5 Å². The van der Waals surface area contributed by atoms with Gasteiger partial charge in [0.25, 0.3) is 0 Å². The van der Waals surface area contributed by atoms with Crippen molar-refractivity contribution >= 4 is 0 Å². The summed E-state index contributed by atoms with van der Waals surface area (Å²) in [4.78, 5) is 0. The Labute approximate surface area is 54.4 Å². The van der Waals surface area contributed by atoms with Crippen LogP contribution in [0.2, 0.25) is 0 Å². The summed E-state index contributed by atoms with van der Waals surface area (Å²) >= 11 is 0. The third-order valence-corrected chi connectivity index (χ3v) is 0.934. The van der Waals surface area contributed by atoms with Crippen LogP contribution in [0.4, 0.5) is 0 Å². The summed E-state index contributed by atoms with van der Waals surface area (Å²) in [5.74, 6) is 0.376. The van der Waals surface area contributed by atoms with Gasteiger partial charge in [-0.25, -0.2) is 0 Å². The number of H-pyrrole nitrogens is 1. The topological polar surface area (TPSA) is 93.4 Å². The molecule has 2 heterocycles. The number of aromatic amines is 1. The number of hydrogen-bond acceptors (Lipinski definition) is 6. The molecule has 0 spiro atoms. The quantitative estimate of drug-likeness (QED) is 0.557. The average Bonchev–Trinajstić information content (AvgIpc) is 2.59. The van der Waals surface area contributed by atoms with Gasteiger partial charge in [0.05, 0.1) is 0 Å². The van der Waals surface area contributed by atoms with Crippen molar-refractivity contribution in [1.29, 1.82) is 0 Å². The Kier molecular flexibility index (Phi) is 0.938. The molecule has 0 aromatic carbocycles. The second-order valence-corrected chi connectivity index (χ2v) is 1.53.